The molecule has 1 aliphatic heterocycles. The van der Waals surface area contributed by atoms with E-state index in [2.05, 4.69) is 20.8 Å². The maximum Gasteiger partial charge on any atom is 0.248 e. The van der Waals surface area contributed by atoms with Crippen LogP contribution in [0.1, 0.15) is 30.9 Å². The number of Topliss-reactive ketones (excluding diaryl/α,β-unsaturated/α-hetero) is 1. The van der Waals surface area contributed by atoms with E-state index in [1.165, 1.54) is 0 Å². The lowest BCUT2D eigenvalue weighted by Crippen LogP contribution is -2.31. The molecule has 0 fully saturated rings. The summed E-state index contributed by atoms with van der Waals surface area (Å²) in [5.41, 5.74) is 2.39. The lowest BCUT2D eigenvalue weighted by molar-refractivity contribution is -0.116. The number of anilines is 1. The van der Waals surface area contributed by atoms with Gasteiger partial charge in [0, 0.05) is 23.3 Å². The number of para-hydroxylation sites is 1. The van der Waals surface area contributed by atoms with Crippen LogP contribution in [-0.4, -0.2) is 40.2 Å². The minimum atomic E-state index is -0.427. The summed E-state index contributed by atoms with van der Waals surface area (Å²) in [6.07, 6.45) is 2.16. The van der Waals surface area contributed by atoms with E-state index in [0.717, 1.165) is 24.1 Å². The SMILES string of the molecule is COc1cccc(C2C3=C(CCCC3=O)Nc3nnnn32)c1OC. The maximum atomic E-state index is 12.6. The summed E-state index contributed by atoms with van der Waals surface area (Å²) in [6, 6.07) is 5.18. The summed E-state index contributed by atoms with van der Waals surface area (Å²) in [4.78, 5) is 12.6. The molecule has 1 atom stereocenters. The van der Waals surface area contributed by atoms with Gasteiger partial charge >= 0.3 is 0 Å². The normalized spacial score (nSPS) is 19.4. The number of aromatic nitrogens is 4. The number of tetrazole rings is 1. The van der Waals surface area contributed by atoms with Crippen molar-refractivity contribution in [1.29, 1.82) is 0 Å². The number of nitrogens with zero attached hydrogens (tertiary/aromatic N) is 4. The molecule has 2 aliphatic rings. The van der Waals surface area contributed by atoms with Gasteiger partial charge in [0.25, 0.3) is 0 Å². The first kappa shape index (κ1) is 14.7. The highest BCUT2D eigenvalue weighted by Crippen LogP contribution is 2.44. The Morgan fingerprint density at radius 1 is 1.25 bits per heavy atom. The highest BCUT2D eigenvalue weighted by atomic mass is 16.5. The number of methoxy groups -OCH3 is 2. The molecule has 2 aromatic rings. The molecule has 0 spiro atoms. The number of ketones is 1. The van der Waals surface area contributed by atoms with Gasteiger partial charge in [0.2, 0.25) is 5.95 Å². The van der Waals surface area contributed by atoms with Crippen molar-refractivity contribution >= 4 is 11.7 Å². The van der Waals surface area contributed by atoms with Crippen LogP contribution in [0.15, 0.2) is 29.5 Å². The van der Waals surface area contributed by atoms with Crippen molar-refractivity contribution in [1.82, 2.24) is 20.2 Å². The largest absolute Gasteiger partial charge is 0.493 e. The van der Waals surface area contributed by atoms with Gasteiger partial charge in [-0.25, -0.2) is 0 Å². The second kappa shape index (κ2) is 5.63. The van der Waals surface area contributed by atoms with Crippen LogP contribution in [0.25, 0.3) is 0 Å². The number of carbonyl (C=O) groups is 1. The summed E-state index contributed by atoms with van der Waals surface area (Å²) in [6.45, 7) is 0. The number of hydrogen-bond acceptors (Lipinski definition) is 7. The van der Waals surface area contributed by atoms with Crippen LogP contribution in [0.3, 0.4) is 0 Å². The Kier molecular flexibility index (Phi) is 3.44. The Hall–Kier alpha value is -2.90. The smallest absolute Gasteiger partial charge is 0.248 e. The average molecular weight is 327 g/mol. The molecule has 1 unspecified atom stereocenters. The van der Waals surface area contributed by atoms with Crippen molar-refractivity contribution in [3.05, 3.63) is 35.0 Å². The Balaban J connectivity index is 1.96. The van der Waals surface area contributed by atoms with E-state index < -0.39 is 6.04 Å². The summed E-state index contributed by atoms with van der Waals surface area (Å²) in [5, 5.41) is 15.0. The van der Waals surface area contributed by atoms with E-state index >= 15 is 0 Å². The zero-order chi connectivity index (χ0) is 16.7. The molecule has 124 valence electrons. The van der Waals surface area contributed by atoms with E-state index in [9.17, 15) is 4.79 Å². The average Bonchev–Trinajstić information content (AvgIpc) is 3.07. The van der Waals surface area contributed by atoms with Crippen LogP contribution in [0.2, 0.25) is 0 Å². The molecule has 4 rings (SSSR count). The number of hydrogen-bond donors (Lipinski definition) is 1. The van der Waals surface area contributed by atoms with Gasteiger partial charge in [-0.15, -0.1) is 0 Å². The van der Waals surface area contributed by atoms with Crippen molar-refractivity contribution in [3.8, 4) is 11.5 Å². The van der Waals surface area contributed by atoms with Crippen LogP contribution in [0, 0.1) is 0 Å². The summed E-state index contributed by atoms with van der Waals surface area (Å²) >= 11 is 0. The Morgan fingerprint density at radius 2 is 2.12 bits per heavy atom. The first-order chi connectivity index (χ1) is 11.7. The molecule has 0 bridgehead atoms. The van der Waals surface area contributed by atoms with E-state index in [-0.39, 0.29) is 5.78 Å². The molecule has 0 saturated carbocycles. The molecular formula is C16H17N5O3. The molecule has 1 aromatic carbocycles. The fourth-order valence-corrected chi connectivity index (χ4v) is 3.43. The zero-order valence-corrected chi connectivity index (χ0v) is 13.4. The van der Waals surface area contributed by atoms with Gasteiger partial charge in [-0.2, -0.15) is 4.68 Å². The quantitative estimate of drug-likeness (QED) is 0.917. The number of ether oxygens (including phenoxy) is 2. The van der Waals surface area contributed by atoms with Crippen LogP contribution in [0.4, 0.5) is 5.95 Å². The van der Waals surface area contributed by atoms with Gasteiger partial charge in [0.05, 0.1) is 14.2 Å². The zero-order valence-electron chi connectivity index (χ0n) is 13.4. The number of allylic oxidation sites excluding steroid dienone is 2. The topological polar surface area (TPSA) is 91.2 Å². The van der Waals surface area contributed by atoms with Crippen LogP contribution in [0.5, 0.6) is 11.5 Å². The number of rotatable bonds is 3. The van der Waals surface area contributed by atoms with Gasteiger partial charge in [-0.05, 0) is 29.3 Å². The molecule has 0 saturated heterocycles. The van der Waals surface area contributed by atoms with Gasteiger partial charge in [-0.1, -0.05) is 17.2 Å². The van der Waals surface area contributed by atoms with E-state index in [1.54, 1.807) is 18.9 Å². The highest BCUT2D eigenvalue weighted by molar-refractivity contribution is 5.99. The van der Waals surface area contributed by atoms with E-state index in [0.29, 0.717) is 29.4 Å². The molecule has 0 amide bonds. The van der Waals surface area contributed by atoms with Gasteiger partial charge in [0.15, 0.2) is 17.3 Å². The summed E-state index contributed by atoms with van der Waals surface area (Å²) < 4.78 is 12.6. The lowest BCUT2D eigenvalue weighted by atomic mass is 9.85. The van der Waals surface area contributed by atoms with Crippen molar-refractivity contribution in [3.63, 3.8) is 0 Å². The molecule has 1 aromatic heterocycles. The fraction of sp³-hybridized carbons (Fsp3) is 0.375. The van der Waals surface area contributed by atoms with E-state index in [1.807, 2.05) is 18.2 Å². The lowest BCUT2D eigenvalue weighted by Gasteiger charge is -2.32. The Morgan fingerprint density at radius 3 is 2.92 bits per heavy atom. The number of fused-ring (bicyclic) bond motifs is 1. The molecule has 8 nitrogen and oxygen atoms in total. The van der Waals surface area contributed by atoms with Crippen molar-refractivity contribution in [2.75, 3.05) is 19.5 Å². The Labute approximate surface area is 138 Å². The van der Waals surface area contributed by atoms with Crippen LogP contribution in [-0.2, 0) is 4.79 Å². The second-order valence-electron chi connectivity index (χ2n) is 5.73. The van der Waals surface area contributed by atoms with Crippen LogP contribution >= 0.6 is 0 Å². The first-order valence-corrected chi connectivity index (χ1v) is 7.76. The molecule has 1 N–H and O–H groups in total. The molecule has 0 radical (unpaired) electrons. The summed E-state index contributed by atoms with van der Waals surface area (Å²) in [7, 11) is 3.17. The summed E-state index contributed by atoms with van der Waals surface area (Å²) in [5.74, 6) is 1.82. The number of benzene rings is 1. The Bertz CT molecular complexity index is 842. The van der Waals surface area contributed by atoms with Crippen molar-refractivity contribution < 1.29 is 14.3 Å². The molecule has 24 heavy (non-hydrogen) atoms. The number of nitrogens with one attached hydrogen (secondary N) is 1. The maximum absolute atomic E-state index is 12.6. The van der Waals surface area contributed by atoms with Crippen molar-refractivity contribution in [2.24, 2.45) is 0 Å². The third-order valence-corrected chi connectivity index (χ3v) is 4.46. The predicted molar refractivity (Wildman–Crippen MR) is 85.0 cm³/mol. The second-order valence-corrected chi connectivity index (χ2v) is 5.73. The first-order valence-electron chi connectivity index (χ1n) is 7.76. The molecule has 1 aliphatic carbocycles. The predicted octanol–water partition coefficient (Wildman–Crippen LogP) is 1.71. The highest BCUT2D eigenvalue weighted by Gasteiger charge is 2.38. The van der Waals surface area contributed by atoms with Gasteiger partial charge in [0.1, 0.15) is 6.04 Å². The minimum Gasteiger partial charge on any atom is -0.493 e. The monoisotopic (exact) mass is 327 g/mol. The molecule has 8 heteroatoms. The van der Waals surface area contributed by atoms with Gasteiger partial charge in [-0.3, -0.25) is 4.79 Å². The molecule has 2 heterocycles. The third kappa shape index (κ3) is 2.06. The third-order valence-electron chi connectivity index (χ3n) is 4.46. The number of carbonyl (C=O) groups excluding carboxylic acids is 1. The van der Waals surface area contributed by atoms with Crippen LogP contribution < -0.4 is 14.8 Å². The van der Waals surface area contributed by atoms with E-state index in [4.69, 9.17) is 9.47 Å². The standard InChI is InChI=1S/C16H17N5O3/c1-23-12-8-3-5-9(15(12)24-2)14-13-10(6-4-7-11(13)22)17-16-18-19-20-21(14)16/h3,5,8,14H,4,6-7H2,1-2H3,(H,17,18,20). The molecular weight excluding hydrogens is 310 g/mol. The van der Waals surface area contributed by atoms with Gasteiger partial charge < -0.3 is 14.8 Å². The minimum absolute atomic E-state index is 0.111. The van der Waals surface area contributed by atoms with Crippen molar-refractivity contribution in [2.45, 2.75) is 25.3 Å². The fourth-order valence-electron chi connectivity index (χ4n) is 3.43.